The molecule has 178 valence electrons. The Morgan fingerprint density at radius 2 is 2.06 bits per heavy atom. The SMILES string of the molecule is C=C(Cl)/N=C1\C(=CC)NC(=NCc2ccc(S(=C)(=O)CCOC)cc2)C(=O)N1C(C)C1CC1. The highest BCUT2D eigenvalue weighted by Gasteiger charge is 2.41. The fourth-order valence-electron chi connectivity index (χ4n) is 3.63. The van der Waals surface area contributed by atoms with E-state index in [1.807, 2.05) is 32.1 Å². The number of hydrogen-bond acceptors (Lipinski definition) is 5. The second-order valence-corrected chi connectivity index (χ2v) is 11.1. The van der Waals surface area contributed by atoms with Gasteiger partial charge in [-0.3, -0.25) is 18.9 Å². The summed E-state index contributed by atoms with van der Waals surface area (Å²) in [6.45, 7) is 8.22. The third-order valence-corrected chi connectivity index (χ3v) is 7.80. The topological polar surface area (TPSA) is 83.4 Å². The van der Waals surface area contributed by atoms with Crippen LogP contribution in [0.3, 0.4) is 0 Å². The van der Waals surface area contributed by atoms with Gasteiger partial charge in [-0.15, -0.1) is 0 Å². The van der Waals surface area contributed by atoms with Gasteiger partial charge in [0.05, 0.1) is 18.8 Å². The van der Waals surface area contributed by atoms with E-state index in [0.717, 1.165) is 18.4 Å². The molecule has 33 heavy (non-hydrogen) atoms. The molecular weight excluding hydrogens is 460 g/mol. The second-order valence-electron chi connectivity index (χ2n) is 8.21. The number of piperazine rings is 1. The van der Waals surface area contributed by atoms with Crippen LogP contribution in [0.1, 0.15) is 32.3 Å². The molecule has 2 aliphatic rings. The number of carbonyl (C=O) groups excluding carboxylic acids is 1. The van der Waals surface area contributed by atoms with E-state index < -0.39 is 9.52 Å². The number of allylic oxidation sites excluding steroid dienone is 1. The molecule has 0 aromatic heterocycles. The van der Waals surface area contributed by atoms with Crippen molar-refractivity contribution in [3.63, 3.8) is 0 Å². The Bertz CT molecular complexity index is 1100. The highest BCUT2D eigenvalue weighted by molar-refractivity contribution is 8.00. The lowest BCUT2D eigenvalue weighted by atomic mass is 10.1. The average molecular weight is 491 g/mol. The number of carbonyl (C=O) groups is 1. The van der Waals surface area contributed by atoms with E-state index in [2.05, 4.69) is 27.8 Å². The number of benzene rings is 1. The van der Waals surface area contributed by atoms with Gasteiger partial charge in [0, 0.05) is 23.8 Å². The van der Waals surface area contributed by atoms with Crippen molar-refractivity contribution in [2.45, 2.75) is 44.2 Å². The molecule has 1 saturated heterocycles. The Labute approximate surface area is 201 Å². The summed E-state index contributed by atoms with van der Waals surface area (Å²) in [5.41, 5.74) is 1.55. The fourth-order valence-corrected chi connectivity index (χ4v) is 5.01. The minimum atomic E-state index is -2.40. The van der Waals surface area contributed by atoms with Crippen molar-refractivity contribution in [2.24, 2.45) is 15.9 Å². The van der Waals surface area contributed by atoms with Gasteiger partial charge in [-0.1, -0.05) is 36.4 Å². The van der Waals surface area contributed by atoms with Gasteiger partial charge in [0.1, 0.15) is 5.16 Å². The van der Waals surface area contributed by atoms with E-state index in [-0.39, 0.29) is 22.9 Å². The Balaban J connectivity index is 1.83. The summed E-state index contributed by atoms with van der Waals surface area (Å²) in [4.78, 5) is 24.6. The van der Waals surface area contributed by atoms with Gasteiger partial charge < -0.3 is 10.1 Å². The van der Waals surface area contributed by atoms with Gasteiger partial charge in [-0.05, 0) is 65.7 Å². The summed E-state index contributed by atoms with van der Waals surface area (Å²) in [7, 11) is -0.828. The maximum Gasteiger partial charge on any atom is 0.295 e. The maximum atomic E-state index is 13.4. The third-order valence-electron chi connectivity index (χ3n) is 5.76. The summed E-state index contributed by atoms with van der Waals surface area (Å²) in [6.07, 6.45) is 4.00. The van der Waals surface area contributed by atoms with Gasteiger partial charge in [-0.25, -0.2) is 4.99 Å². The molecule has 0 radical (unpaired) electrons. The van der Waals surface area contributed by atoms with E-state index in [1.165, 1.54) is 0 Å². The molecule has 2 fully saturated rings. The van der Waals surface area contributed by atoms with Crippen molar-refractivity contribution < 1.29 is 13.7 Å². The predicted molar refractivity (Wildman–Crippen MR) is 136 cm³/mol. The Hall–Kier alpha value is -2.42. The van der Waals surface area contributed by atoms with E-state index in [0.29, 0.717) is 41.3 Å². The Morgan fingerprint density at radius 3 is 2.61 bits per heavy atom. The molecule has 1 aromatic rings. The zero-order valence-corrected chi connectivity index (χ0v) is 20.9. The van der Waals surface area contributed by atoms with Crippen LogP contribution in [0.4, 0.5) is 0 Å². The van der Waals surface area contributed by atoms with Crippen LogP contribution in [0.25, 0.3) is 0 Å². The molecule has 1 amide bonds. The number of hydrogen-bond donors (Lipinski definition) is 1. The highest BCUT2D eigenvalue weighted by Crippen LogP contribution is 2.36. The normalized spacial score (nSPS) is 23.0. The summed E-state index contributed by atoms with van der Waals surface area (Å²) < 4.78 is 17.8. The molecule has 2 unspecified atom stereocenters. The van der Waals surface area contributed by atoms with Gasteiger partial charge in [0.2, 0.25) is 0 Å². The van der Waals surface area contributed by atoms with Crippen molar-refractivity contribution in [3.8, 4) is 0 Å². The smallest absolute Gasteiger partial charge is 0.295 e. The van der Waals surface area contributed by atoms with Crippen LogP contribution in [-0.2, 0) is 25.6 Å². The lowest BCUT2D eigenvalue weighted by molar-refractivity contribution is -0.122. The number of rotatable bonds is 9. The molecule has 2 atom stereocenters. The first-order chi connectivity index (χ1) is 15.7. The number of amides is 1. The molecule has 1 aliphatic carbocycles. The van der Waals surface area contributed by atoms with Crippen LogP contribution in [0.2, 0.25) is 0 Å². The van der Waals surface area contributed by atoms with Crippen LogP contribution < -0.4 is 5.32 Å². The Morgan fingerprint density at radius 1 is 1.39 bits per heavy atom. The summed E-state index contributed by atoms with van der Waals surface area (Å²) in [5, 5.41) is 3.21. The fraction of sp³-hybridized carbons (Fsp3) is 0.417. The standard InChI is InChI=1S/C24H31ClN4O3S/c1-6-21-23(27-17(3)25)29(16(2)19-9-10-19)24(30)22(28-21)26-15-18-7-11-20(12-8-18)33(5,31)14-13-32-4/h6-8,11-12,16,19H,3,5,9-10,13-15H2,1-2,4H3,(H,26,28)/b21-6?,27-23+. The minimum absolute atomic E-state index is 0.0221. The van der Waals surface area contributed by atoms with E-state index in [4.69, 9.17) is 16.3 Å². The molecule has 1 aromatic carbocycles. The first-order valence-electron chi connectivity index (χ1n) is 10.9. The van der Waals surface area contributed by atoms with E-state index >= 15 is 0 Å². The van der Waals surface area contributed by atoms with E-state index in [9.17, 15) is 9.00 Å². The monoisotopic (exact) mass is 490 g/mol. The zero-order valence-electron chi connectivity index (χ0n) is 19.3. The summed E-state index contributed by atoms with van der Waals surface area (Å²) in [6, 6.07) is 7.29. The largest absolute Gasteiger partial charge is 0.384 e. The first kappa shape index (κ1) is 25.2. The second kappa shape index (κ2) is 10.7. The number of amidine groups is 2. The number of ether oxygens (including phenoxy) is 1. The minimum Gasteiger partial charge on any atom is -0.384 e. The van der Waals surface area contributed by atoms with Gasteiger partial charge >= 0.3 is 0 Å². The summed E-state index contributed by atoms with van der Waals surface area (Å²) in [5.74, 6) is 5.12. The zero-order chi connectivity index (χ0) is 24.2. The van der Waals surface area contributed by atoms with Crippen molar-refractivity contribution >= 4 is 44.6 Å². The molecular formula is C24H31ClN4O3S. The quantitative estimate of drug-likeness (QED) is 0.424. The van der Waals surface area contributed by atoms with Crippen LogP contribution in [0, 0.1) is 5.92 Å². The maximum absolute atomic E-state index is 13.4. The summed E-state index contributed by atoms with van der Waals surface area (Å²) >= 11 is 5.96. The highest BCUT2D eigenvalue weighted by atomic mass is 35.5. The lowest BCUT2D eigenvalue weighted by Gasteiger charge is -2.36. The molecule has 1 N–H and O–H groups in total. The third kappa shape index (κ3) is 6.13. The van der Waals surface area contributed by atoms with Crippen LogP contribution in [0.5, 0.6) is 0 Å². The number of nitrogens with zero attached hydrogens (tertiary/aromatic N) is 3. The molecule has 0 bridgehead atoms. The average Bonchev–Trinajstić information content (AvgIpc) is 3.62. The number of nitrogens with one attached hydrogen (secondary N) is 1. The van der Waals surface area contributed by atoms with Gasteiger partial charge in [0.15, 0.2) is 11.7 Å². The van der Waals surface area contributed by atoms with Crippen LogP contribution in [-0.4, -0.2) is 58.1 Å². The van der Waals surface area contributed by atoms with Crippen molar-refractivity contribution in [1.29, 1.82) is 0 Å². The molecule has 9 heteroatoms. The molecule has 3 rings (SSSR count). The molecule has 1 saturated carbocycles. The van der Waals surface area contributed by atoms with Crippen molar-refractivity contribution in [2.75, 3.05) is 19.5 Å². The van der Waals surface area contributed by atoms with Crippen LogP contribution in [0.15, 0.2) is 62.7 Å². The number of aliphatic imine (C=N–C) groups is 2. The molecule has 1 aliphatic heterocycles. The Kier molecular flexibility index (Phi) is 8.15. The molecule has 7 nitrogen and oxygen atoms in total. The van der Waals surface area contributed by atoms with E-state index in [1.54, 1.807) is 24.1 Å². The van der Waals surface area contributed by atoms with Gasteiger partial charge in [-0.2, -0.15) is 0 Å². The molecule has 1 heterocycles. The predicted octanol–water partition coefficient (Wildman–Crippen LogP) is 3.55. The first-order valence-corrected chi connectivity index (χ1v) is 13.1. The van der Waals surface area contributed by atoms with Gasteiger partial charge in [0.25, 0.3) is 5.91 Å². The lowest BCUT2D eigenvalue weighted by Crippen LogP contribution is -2.57. The van der Waals surface area contributed by atoms with Crippen LogP contribution >= 0.6 is 11.6 Å². The molecule has 0 spiro atoms. The van der Waals surface area contributed by atoms with Crippen molar-refractivity contribution in [3.05, 3.63) is 53.3 Å². The number of methoxy groups -OCH3 is 1. The number of halogens is 1. The van der Waals surface area contributed by atoms with Crippen molar-refractivity contribution in [1.82, 2.24) is 10.2 Å².